The molecule has 0 radical (unpaired) electrons. The maximum atomic E-state index is 6.14. The van der Waals surface area contributed by atoms with Crippen LogP contribution in [0.1, 0.15) is 41.9 Å². The summed E-state index contributed by atoms with van der Waals surface area (Å²) in [5.74, 6) is 0.735. The van der Waals surface area contributed by atoms with Crippen molar-refractivity contribution in [3.8, 4) is 0 Å². The first-order valence-corrected chi connectivity index (χ1v) is 10.5. The Hall–Kier alpha value is -1.99. The summed E-state index contributed by atoms with van der Waals surface area (Å²) in [7, 11) is 2.07. The normalized spacial score (nSPS) is 17.5. The second-order valence-electron chi connectivity index (χ2n) is 7.17. The third kappa shape index (κ3) is 3.46. The Morgan fingerprint density at radius 3 is 2.74 bits per heavy atom. The predicted octanol–water partition coefficient (Wildman–Crippen LogP) is 3.73. The molecule has 8 heteroatoms. The van der Waals surface area contributed by atoms with E-state index in [0.29, 0.717) is 11.2 Å². The van der Waals surface area contributed by atoms with Crippen molar-refractivity contribution in [2.75, 3.05) is 25.0 Å². The standard InChI is InChI=1S/C19H25ClN6S/c1-5-14-17(20)24-18(22-14)11(2)21-13-6-8-26(9-7-13)19-23-15-10-25(4)12(3)16(15)27-19/h13,21H,2-3,5-10H2,1,4H3,(H,22,24). The Morgan fingerprint density at radius 1 is 1.37 bits per heavy atom. The monoisotopic (exact) mass is 404 g/mol. The third-order valence-electron chi connectivity index (χ3n) is 5.31. The Morgan fingerprint density at radius 2 is 2.11 bits per heavy atom. The highest BCUT2D eigenvalue weighted by Crippen LogP contribution is 2.38. The number of H-pyrrole nitrogens is 1. The molecule has 0 spiro atoms. The van der Waals surface area contributed by atoms with Crippen LogP contribution in [0.25, 0.3) is 11.4 Å². The highest BCUT2D eigenvalue weighted by molar-refractivity contribution is 7.16. The molecule has 0 saturated carbocycles. The van der Waals surface area contributed by atoms with E-state index in [2.05, 4.69) is 52.2 Å². The molecule has 6 nitrogen and oxygen atoms in total. The molecule has 2 aliphatic heterocycles. The van der Waals surface area contributed by atoms with E-state index in [1.54, 1.807) is 11.3 Å². The molecule has 0 aliphatic carbocycles. The molecule has 4 heterocycles. The third-order valence-corrected chi connectivity index (χ3v) is 6.83. The van der Waals surface area contributed by atoms with Gasteiger partial charge in [-0.15, -0.1) is 0 Å². The molecule has 0 amide bonds. The summed E-state index contributed by atoms with van der Waals surface area (Å²) in [6.45, 7) is 13.2. The van der Waals surface area contributed by atoms with E-state index in [1.807, 2.05) is 0 Å². The number of thiazole rings is 1. The fourth-order valence-electron chi connectivity index (χ4n) is 3.60. The lowest BCUT2D eigenvalue weighted by atomic mass is 10.1. The summed E-state index contributed by atoms with van der Waals surface area (Å²) in [5, 5.41) is 5.17. The number of aryl methyl sites for hydroxylation is 1. The zero-order valence-electron chi connectivity index (χ0n) is 15.8. The van der Waals surface area contributed by atoms with Crippen LogP contribution in [0.4, 0.5) is 5.13 Å². The maximum Gasteiger partial charge on any atom is 0.186 e. The van der Waals surface area contributed by atoms with E-state index in [9.17, 15) is 0 Å². The van der Waals surface area contributed by atoms with E-state index < -0.39 is 0 Å². The molecule has 0 unspecified atom stereocenters. The van der Waals surface area contributed by atoms with E-state index in [0.717, 1.165) is 72.6 Å². The van der Waals surface area contributed by atoms with Gasteiger partial charge in [0.1, 0.15) is 0 Å². The average Bonchev–Trinajstić information content (AvgIpc) is 3.31. The molecule has 2 aromatic rings. The molecule has 1 saturated heterocycles. The van der Waals surface area contributed by atoms with Crippen LogP contribution in [-0.2, 0) is 13.0 Å². The van der Waals surface area contributed by atoms with Crippen LogP contribution in [0.15, 0.2) is 13.2 Å². The van der Waals surface area contributed by atoms with Crippen molar-refractivity contribution >= 4 is 39.5 Å². The van der Waals surface area contributed by atoms with Gasteiger partial charge in [0.25, 0.3) is 0 Å². The number of rotatable bonds is 5. The Kier molecular flexibility index (Phi) is 4.90. The van der Waals surface area contributed by atoms with Gasteiger partial charge in [-0.3, -0.25) is 0 Å². The van der Waals surface area contributed by atoms with Gasteiger partial charge in [-0.25, -0.2) is 9.97 Å². The molecule has 4 rings (SSSR count). The van der Waals surface area contributed by atoms with Crippen molar-refractivity contribution in [3.63, 3.8) is 0 Å². The van der Waals surface area contributed by atoms with Gasteiger partial charge in [0, 0.05) is 31.9 Å². The van der Waals surface area contributed by atoms with Crippen molar-refractivity contribution < 1.29 is 0 Å². The largest absolute Gasteiger partial charge is 0.380 e. The number of halogens is 1. The summed E-state index contributed by atoms with van der Waals surface area (Å²) < 4.78 is 0. The minimum atomic E-state index is 0.385. The molecule has 2 aliphatic rings. The lowest BCUT2D eigenvalue weighted by molar-refractivity contribution is 0.459. The molecule has 27 heavy (non-hydrogen) atoms. The molecule has 2 aromatic heterocycles. The molecular formula is C19H25ClN6S. The summed E-state index contributed by atoms with van der Waals surface area (Å²) in [6, 6.07) is 0.385. The number of aromatic amines is 1. The summed E-state index contributed by atoms with van der Waals surface area (Å²) in [4.78, 5) is 18.2. The Labute approximate surface area is 169 Å². The van der Waals surface area contributed by atoms with Crippen LogP contribution in [0.2, 0.25) is 5.15 Å². The summed E-state index contributed by atoms with van der Waals surface area (Å²) in [5.41, 5.74) is 4.01. The smallest absolute Gasteiger partial charge is 0.186 e. The summed E-state index contributed by atoms with van der Waals surface area (Å²) in [6.07, 6.45) is 2.91. The number of nitrogens with one attached hydrogen (secondary N) is 2. The molecule has 0 aromatic carbocycles. The first-order valence-electron chi connectivity index (χ1n) is 9.31. The first kappa shape index (κ1) is 18.4. The predicted molar refractivity (Wildman–Crippen MR) is 113 cm³/mol. The fraction of sp³-hybridized carbons (Fsp3) is 0.474. The van der Waals surface area contributed by atoms with Crippen molar-refractivity contribution in [2.24, 2.45) is 0 Å². The van der Waals surface area contributed by atoms with Gasteiger partial charge >= 0.3 is 0 Å². The van der Waals surface area contributed by atoms with E-state index in [4.69, 9.17) is 16.6 Å². The SMILES string of the molecule is C=C(NC1CCN(c2nc3c(s2)C(=C)N(C)C3)CC1)c1nc(Cl)c(CC)[nH]1. The lowest BCUT2D eigenvalue weighted by Gasteiger charge is -2.33. The number of piperidine rings is 1. The molecular weight excluding hydrogens is 380 g/mol. The van der Waals surface area contributed by atoms with Gasteiger partial charge in [0.15, 0.2) is 16.1 Å². The number of hydrogen-bond acceptors (Lipinski definition) is 6. The van der Waals surface area contributed by atoms with E-state index in [-0.39, 0.29) is 0 Å². The number of hydrogen-bond donors (Lipinski definition) is 2. The van der Waals surface area contributed by atoms with Gasteiger partial charge < -0.3 is 20.1 Å². The van der Waals surface area contributed by atoms with Crippen LogP contribution in [0.5, 0.6) is 0 Å². The van der Waals surface area contributed by atoms with Crippen LogP contribution < -0.4 is 10.2 Å². The van der Waals surface area contributed by atoms with Crippen LogP contribution in [0.3, 0.4) is 0 Å². The zero-order valence-corrected chi connectivity index (χ0v) is 17.4. The quantitative estimate of drug-likeness (QED) is 0.795. The van der Waals surface area contributed by atoms with E-state index in [1.165, 1.54) is 4.88 Å². The topological polar surface area (TPSA) is 60.1 Å². The fourth-order valence-corrected chi connectivity index (χ4v) is 5.01. The van der Waals surface area contributed by atoms with Gasteiger partial charge in [-0.1, -0.05) is 43.0 Å². The maximum absolute atomic E-state index is 6.14. The molecule has 1 fully saturated rings. The zero-order chi connectivity index (χ0) is 19.1. The van der Waals surface area contributed by atoms with Gasteiger partial charge in [-0.05, 0) is 19.3 Å². The number of imidazole rings is 1. The first-order chi connectivity index (χ1) is 13.0. The number of nitrogens with zero attached hydrogens (tertiary/aromatic N) is 4. The second kappa shape index (κ2) is 7.20. The number of anilines is 1. The van der Waals surface area contributed by atoms with Crippen LogP contribution in [-0.4, -0.2) is 46.0 Å². The minimum Gasteiger partial charge on any atom is -0.380 e. The van der Waals surface area contributed by atoms with Gasteiger partial charge in [-0.2, -0.15) is 0 Å². The lowest BCUT2D eigenvalue weighted by Crippen LogP contribution is -2.42. The molecule has 144 valence electrons. The van der Waals surface area contributed by atoms with Crippen molar-refractivity contribution in [2.45, 2.75) is 38.8 Å². The Balaban J connectivity index is 1.34. The van der Waals surface area contributed by atoms with Crippen molar-refractivity contribution in [3.05, 3.63) is 40.4 Å². The highest BCUT2D eigenvalue weighted by atomic mass is 35.5. The molecule has 0 atom stereocenters. The number of fused-ring (bicyclic) bond motifs is 1. The van der Waals surface area contributed by atoms with Crippen molar-refractivity contribution in [1.82, 2.24) is 25.2 Å². The van der Waals surface area contributed by atoms with Gasteiger partial charge in [0.05, 0.1) is 28.5 Å². The molecule has 0 bridgehead atoms. The average molecular weight is 405 g/mol. The van der Waals surface area contributed by atoms with Crippen LogP contribution in [0, 0.1) is 0 Å². The van der Waals surface area contributed by atoms with Gasteiger partial charge in [0.2, 0.25) is 0 Å². The van der Waals surface area contributed by atoms with Crippen molar-refractivity contribution in [1.29, 1.82) is 0 Å². The van der Waals surface area contributed by atoms with Crippen LogP contribution >= 0.6 is 22.9 Å². The highest BCUT2D eigenvalue weighted by Gasteiger charge is 2.28. The second-order valence-corrected chi connectivity index (χ2v) is 8.50. The molecule has 2 N–H and O–H groups in total. The Bertz CT molecular complexity index is 877. The summed E-state index contributed by atoms with van der Waals surface area (Å²) >= 11 is 7.90. The van der Waals surface area contributed by atoms with E-state index >= 15 is 0 Å². The minimum absolute atomic E-state index is 0.385. The number of aromatic nitrogens is 3.